The first kappa shape index (κ1) is 16.8. The van der Waals surface area contributed by atoms with Crippen molar-refractivity contribution in [2.24, 2.45) is 0 Å². The summed E-state index contributed by atoms with van der Waals surface area (Å²) in [6.45, 7) is 0.973. The van der Waals surface area contributed by atoms with Gasteiger partial charge in [0.25, 0.3) is 0 Å². The van der Waals surface area contributed by atoms with Gasteiger partial charge in [-0.25, -0.2) is 9.78 Å². The van der Waals surface area contributed by atoms with Gasteiger partial charge in [-0.3, -0.25) is 0 Å². The summed E-state index contributed by atoms with van der Waals surface area (Å²) in [5.41, 5.74) is 3.62. The van der Waals surface area contributed by atoms with E-state index in [0.29, 0.717) is 46.5 Å². The number of carbonyl (C=O) groups excluding carboxylic acids is 1. The van der Waals surface area contributed by atoms with Gasteiger partial charge in [0.15, 0.2) is 11.5 Å². The summed E-state index contributed by atoms with van der Waals surface area (Å²) in [5.74, 6) is 0.849. The molecular weight excluding hydrogens is 398 g/mol. The van der Waals surface area contributed by atoms with Crippen LogP contribution >= 0.6 is 15.9 Å². The summed E-state index contributed by atoms with van der Waals surface area (Å²) in [6, 6.07) is 13.4. The summed E-state index contributed by atoms with van der Waals surface area (Å²) in [4.78, 5) is 17.4. The average Bonchev–Trinajstić information content (AvgIpc) is 2.70. The fourth-order valence-corrected chi connectivity index (χ4v) is 3.69. The first-order chi connectivity index (χ1) is 12.7. The van der Waals surface area contributed by atoms with Gasteiger partial charge >= 0.3 is 5.97 Å². The molecule has 5 nitrogen and oxygen atoms in total. The number of alkyl halides is 1. The van der Waals surface area contributed by atoms with Gasteiger partial charge in [0, 0.05) is 27.9 Å². The second-order valence-electron chi connectivity index (χ2n) is 5.82. The van der Waals surface area contributed by atoms with E-state index in [0.717, 1.165) is 16.8 Å². The normalized spacial score (nSPS) is 12.8. The molecule has 0 amide bonds. The van der Waals surface area contributed by atoms with Crippen LogP contribution in [0, 0.1) is 0 Å². The molecule has 132 valence electrons. The zero-order valence-corrected chi connectivity index (χ0v) is 15.7. The number of esters is 1. The van der Waals surface area contributed by atoms with Gasteiger partial charge in [0.2, 0.25) is 0 Å². The third kappa shape index (κ3) is 2.80. The Morgan fingerprint density at radius 3 is 2.50 bits per heavy atom. The highest BCUT2D eigenvalue weighted by Gasteiger charge is 2.24. The van der Waals surface area contributed by atoms with Crippen molar-refractivity contribution in [3.05, 3.63) is 53.6 Å². The highest BCUT2D eigenvalue weighted by molar-refractivity contribution is 9.08. The molecular formula is C20H16BrNO4. The predicted molar refractivity (Wildman–Crippen MR) is 102 cm³/mol. The molecule has 1 aliphatic rings. The number of methoxy groups -OCH3 is 1. The molecule has 0 saturated heterocycles. The Morgan fingerprint density at radius 2 is 1.85 bits per heavy atom. The van der Waals surface area contributed by atoms with Gasteiger partial charge < -0.3 is 14.2 Å². The van der Waals surface area contributed by atoms with Crippen LogP contribution in [0.3, 0.4) is 0 Å². The predicted octanol–water partition coefficient (Wildman–Crippen LogP) is 4.35. The Balaban J connectivity index is 2.08. The Labute approximate surface area is 159 Å². The van der Waals surface area contributed by atoms with E-state index in [1.165, 1.54) is 7.11 Å². The van der Waals surface area contributed by atoms with Crippen molar-refractivity contribution in [1.29, 1.82) is 0 Å². The molecule has 0 atom stereocenters. The van der Waals surface area contributed by atoms with Gasteiger partial charge in [0.05, 0.1) is 23.9 Å². The van der Waals surface area contributed by atoms with E-state index in [-0.39, 0.29) is 0 Å². The lowest BCUT2D eigenvalue weighted by molar-refractivity contribution is 0.0602. The van der Waals surface area contributed by atoms with Crippen LogP contribution < -0.4 is 9.47 Å². The minimum Gasteiger partial charge on any atom is -0.486 e. The van der Waals surface area contributed by atoms with E-state index in [2.05, 4.69) is 15.9 Å². The van der Waals surface area contributed by atoms with Crippen LogP contribution in [-0.2, 0) is 10.1 Å². The number of fused-ring (bicyclic) bond motifs is 2. The summed E-state index contributed by atoms with van der Waals surface area (Å²) in [7, 11) is 1.38. The van der Waals surface area contributed by atoms with Crippen molar-refractivity contribution in [2.45, 2.75) is 5.33 Å². The van der Waals surface area contributed by atoms with Crippen molar-refractivity contribution in [3.8, 4) is 22.8 Å². The number of ether oxygens (including phenoxy) is 3. The van der Waals surface area contributed by atoms with Crippen LogP contribution in [0.2, 0.25) is 0 Å². The zero-order valence-electron chi connectivity index (χ0n) is 14.1. The lowest BCUT2D eigenvalue weighted by Crippen LogP contribution is -2.16. The molecule has 0 bridgehead atoms. The van der Waals surface area contributed by atoms with E-state index < -0.39 is 5.97 Å². The van der Waals surface area contributed by atoms with Gasteiger partial charge in [-0.1, -0.05) is 46.3 Å². The SMILES string of the molecule is COC(=O)c1c(CBr)c(-c2ccccc2)nc2cc3c(cc12)OCCO3. The van der Waals surface area contributed by atoms with E-state index >= 15 is 0 Å². The standard InChI is InChI=1S/C20H16BrNO4/c1-24-20(23)18-13-9-16-17(26-8-7-25-16)10-15(13)22-19(14(18)11-21)12-5-3-2-4-6-12/h2-6,9-10H,7-8,11H2,1H3. The molecule has 1 aromatic heterocycles. The second-order valence-corrected chi connectivity index (χ2v) is 6.38. The minimum atomic E-state index is -0.402. The highest BCUT2D eigenvalue weighted by atomic mass is 79.9. The fraction of sp³-hybridized carbons (Fsp3) is 0.200. The number of pyridine rings is 1. The first-order valence-corrected chi connectivity index (χ1v) is 9.31. The maximum absolute atomic E-state index is 12.6. The molecule has 1 aliphatic heterocycles. The zero-order chi connectivity index (χ0) is 18.1. The summed E-state index contributed by atoms with van der Waals surface area (Å²) in [6.07, 6.45) is 0. The molecule has 2 aromatic carbocycles. The second kappa shape index (κ2) is 6.96. The summed E-state index contributed by atoms with van der Waals surface area (Å²) >= 11 is 3.51. The molecule has 0 aliphatic carbocycles. The number of halogens is 1. The Bertz CT molecular complexity index is 988. The van der Waals surface area contributed by atoms with E-state index in [1.54, 1.807) is 0 Å². The van der Waals surface area contributed by atoms with Crippen LogP contribution in [0.15, 0.2) is 42.5 Å². The van der Waals surface area contributed by atoms with E-state index in [1.807, 2.05) is 42.5 Å². The molecule has 0 saturated carbocycles. The largest absolute Gasteiger partial charge is 0.486 e. The topological polar surface area (TPSA) is 57.7 Å². The van der Waals surface area contributed by atoms with Crippen molar-refractivity contribution >= 4 is 32.8 Å². The lowest BCUT2D eigenvalue weighted by atomic mass is 9.97. The molecule has 2 heterocycles. The fourth-order valence-electron chi connectivity index (χ4n) is 3.14. The summed E-state index contributed by atoms with van der Waals surface area (Å²) in [5, 5.41) is 1.16. The Hall–Kier alpha value is -2.60. The van der Waals surface area contributed by atoms with Crippen LogP contribution in [-0.4, -0.2) is 31.3 Å². The minimum absolute atomic E-state index is 0.402. The quantitative estimate of drug-likeness (QED) is 0.471. The molecule has 0 N–H and O–H groups in total. The van der Waals surface area contributed by atoms with E-state index in [9.17, 15) is 4.79 Å². The van der Waals surface area contributed by atoms with Crippen LogP contribution in [0.1, 0.15) is 15.9 Å². The van der Waals surface area contributed by atoms with Crippen LogP contribution in [0.5, 0.6) is 11.5 Å². The smallest absolute Gasteiger partial charge is 0.338 e. The van der Waals surface area contributed by atoms with Gasteiger partial charge in [-0.15, -0.1) is 0 Å². The Kier molecular flexibility index (Phi) is 4.51. The maximum atomic E-state index is 12.6. The van der Waals surface area contributed by atoms with Gasteiger partial charge in [-0.2, -0.15) is 0 Å². The summed E-state index contributed by atoms with van der Waals surface area (Å²) < 4.78 is 16.4. The molecule has 0 radical (unpaired) electrons. The third-order valence-corrected chi connectivity index (χ3v) is 4.88. The van der Waals surface area contributed by atoms with Crippen LogP contribution in [0.4, 0.5) is 0 Å². The first-order valence-electron chi connectivity index (χ1n) is 8.19. The highest BCUT2D eigenvalue weighted by Crippen LogP contribution is 2.39. The maximum Gasteiger partial charge on any atom is 0.338 e. The number of rotatable bonds is 3. The molecule has 0 unspecified atom stereocenters. The number of hydrogen-bond donors (Lipinski definition) is 0. The van der Waals surface area contributed by atoms with E-state index in [4.69, 9.17) is 19.2 Å². The number of aromatic nitrogens is 1. The number of benzene rings is 2. The average molecular weight is 414 g/mol. The molecule has 3 aromatic rings. The van der Waals surface area contributed by atoms with Crippen molar-refractivity contribution < 1.29 is 19.0 Å². The Morgan fingerprint density at radius 1 is 1.15 bits per heavy atom. The van der Waals surface area contributed by atoms with Gasteiger partial charge in [-0.05, 0) is 6.07 Å². The number of hydrogen-bond acceptors (Lipinski definition) is 5. The molecule has 0 fully saturated rings. The molecule has 0 spiro atoms. The third-order valence-electron chi connectivity index (χ3n) is 4.32. The molecule has 6 heteroatoms. The molecule has 26 heavy (non-hydrogen) atoms. The van der Waals surface area contributed by atoms with Gasteiger partial charge in [0.1, 0.15) is 13.2 Å². The van der Waals surface area contributed by atoms with Crippen molar-refractivity contribution in [1.82, 2.24) is 4.98 Å². The van der Waals surface area contributed by atoms with Crippen LogP contribution in [0.25, 0.3) is 22.2 Å². The number of nitrogens with zero attached hydrogens (tertiary/aromatic N) is 1. The lowest BCUT2D eigenvalue weighted by Gasteiger charge is -2.20. The monoisotopic (exact) mass is 413 g/mol. The van der Waals surface area contributed by atoms with Crippen molar-refractivity contribution in [2.75, 3.05) is 20.3 Å². The van der Waals surface area contributed by atoms with Crippen molar-refractivity contribution in [3.63, 3.8) is 0 Å². The molecule has 4 rings (SSSR count). The number of carbonyl (C=O) groups is 1.